The van der Waals surface area contributed by atoms with Gasteiger partial charge in [0.25, 0.3) is 0 Å². The van der Waals surface area contributed by atoms with Gasteiger partial charge in [-0.25, -0.2) is 4.57 Å². The van der Waals surface area contributed by atoms with Gasteiger partial charge in [0.05, 0.1) is 39.6 Å². The molecule has 0 fully saturated rings. The van der Waals surface area contributed by atoms with Crippen LogP contribution in [0.3, 0.4) is 0 Å². The zero-order valence-corrected chi connectivity index (χ0v) is 21.4. The molecule has 0 heterocycles. The van der Waals surface area contributed by atoms with Crippen molar-refractivity contribution >= 4 is 7.82 Å². The molecule has 196 valence electrons. The third-order valence-electron chi connectivity index (χ3n) is 4.60. The number of phosphoric acid groups is 1. The first kappa shape index (κ1) is 34.1. The van der Waals surface area contributed by atoms with Crippen LogP contribution in [0.25, 0.3) is 0 Å². The second-order valence-corrected chi connectivity index (χ2v) is 8.98. The van der Waals surface area contributed by atoms with Crippen molar-refractivity contribution in [3.8, 4) is 0 Å². The van der Waals surface area contributed by atoms with E-state index in [4.69, 9.17) is 29.7 Å². The van der Waals surface area contributed by atoms with Gasteiger partial charge >= 0.3 is 7.82 Å². The molecule has 0 atom stereocenters. The molecule has 0 unspecified atom stereocenters. The fraction of sp³-hybridized carbons (Fsp3) is 1.00. The molecule has 0 aliphatic heterocycles. The highest BCUT2D eigenvalue weighted by Gasteiger charge is 2.12. The van der Waals surface area contributed by atoms with Crippen molar-refractivity contribution in [1.29, 1.82) is 0 Å². The molecule has 9 nitrogen and oxygen atoms in total. The summed E-state index contributed by atoms with van der Waals surface area (Å²) in [5, 5.41) is 18.8. The van der Waals surface area contributed by atoms with Gasteiger partial charge in [-0.2, -0.15) is 0 Å². The summed E-state index contributed by atoms with van der Waals surface area (Å²) in [4.78, 5) is 27.0. The van der Waals surface area contributed by atoms with E-state index in [0.717, 1.165) is 38.5 Å². The highest BCUT2D eigenvalue weighted by molar-refractivity contribution is 7.46. The number of nitrogens with zero attached hydrogens (tertiary/aromatic N) is 1. The number of unbranched alkanes of at least 4 members (excludes halogenated alkanes) is 12. The van der Waals surface area contributed by atoms with Crippen molar-refractivity contribution in [2.24, 2.45) is 0 Å². The number of hydrogen-bond acceptors (Lipinski definition) is 7. The summed E-state index contributed by atoms with van der Waals surface area (Å²) < 4.78 is 14.4. The van der Waals surface area contributed by atoms with E-state index in [-0.39, 0.29) is 33.0 Å². The summed E-state index contributed by atoms with van der Waals surface area (Å²) in [6.45, 7) is 5.54. The van der Waals surface area contributed by atoms with E-state index >= 15 is 0 Å². The summed E-state index contributed by atoms with van der Waals surface area (Å²) >= 11 is 0. The second kappa shape index (κ2) is 27.2. The molecular weight excluding hydrogens is 437 g/mol. The minimum Gasteiger partial charge on any atom is -0.394 e. The lowest BCUT2D eigenvalue weighted by molar-refractivity contribution is -0.371. The number of aliphatic hydroxyl groups is 2. The lowest BCUT2D eigenvalue weighted by atomic mass is 10.1. The van der Waals surface area contributed by atoms with Gasteiger partial charge in [-0.05, 0) is 12.8 Å². The molecule has 0 aromatic heterocycles. The molecule has 4 N–H and O–H groups in total. The maximum Gasteiger partial charge on any atom is 0.469 e. The van der Waals surface area contributed by atoms with Crippen LogP contribution in [0, 0.1) is 0 Å². The van der Waals surface area contributed by atoms with E-state index in [1.807, 2.05) is 0 Å². The topological polar surface area (TPSA) is 129 Å². The molecule has 0 amide bonds. The predicted octanol–water partition coefficient (Wildman–Crippen LogP) is 4.73. The molecule has 0 aliphatic carbocycles. The van der Waals surface area contributed by atoms with E-state index in [9.17, 15) is 4.57 Å². The van der Waals surface area contributed by atoms with Gasteiger partial charge < -0.3 is 20.0 Å². The molecule has 0 rings (SSSR count). The number of phosphoric ester groups is 1. The van der Waals surface area contributed by atoms with Crippen molar-refractivity contribution in [2.45, 2.75) is 104 Å². The Labute approximate surface area is 195 Å². The Bertz CT molecular complexity index is 390. The van der Waals surface area contributed by atoms with Crippen molar-refractivity contribution in [2.75, 3.05) is 39.6 Å². The summed E-state index contributed by atoms with van der Waals surface area (Å²) in [5.74, 6) is 0. The Morgan fingerprint density at radius 2 is 1.03 bits per heavy atom. The van der Waals surface area contributed by atoms with Gasteiger partial charge in [0, 0.05) is 0 Å². The quantitative estimate of drug-likeness (QED) is 0.0918. The van der Waals surface area contributed by atoms with Crippen LogP contribution in [-0.2, 0) is 18.8 Å². The third kappa shape index (κ3) is 32.1. The fourth-order valence-electron chi connectivity index (χ4n) is 2.89. The monoisotopic (exact) mass is 487 g/mol. The Kier molecular flexibility index (Phi) is 28.9. The highest BCUT2D eigenvalue weighted by Crippen LogP contribution is 2.35. The van der Waals surface area contributed by atoms with Crippen LogP contribution >= 0.6 is 7.82 Å². The average molecular weight is 488 g/mol. The first-order chi connectivity index (χ1) is 15.4. The molecule has 10 heteroatoms. The van der Waals surface area contributed by atoms with Gasteiger partial charge in [0.15, 0.2) is 0 Å². The smallest absolute Gasteiger partial charge is 0.394 e. The molecular formula is C22H50NO8P. The van der Waals surface area contributed by atoms with Crippen molar-refractivity contribution in [3.63, 3.8) is 0 Å². The molecule has 32 heavy (non-hydrogen) atoms. The first-order valence-electron chi connectivity index (χ1n) is 12.4. The molecule has 0 spiro atoms. The molecule has 0 saturated carbocycles. The van der Waals surface area contributed by atoms with Crippen molar-refractivity contribution < 1.29 is 38.8 Å². The van der Waals surface area contributed by atoms with E-state index in [2.05, 4.69) is 18.4 Å². The first-order valence-corrected chi connectivity index (χ1v) is 13.9. The number of hydroxylamine groups is 2. The van der Waals surface area contributed by atoms with Gasteiger partial charge in [-0.1, -0.05) is 96.1 Å². The highest BCUT2D eigenvalue weighted by atomic mass is 31.2. The Morgan fingerprint density at radius 3 is 1.44 bits per heavy atom. The zero-order valence-electron chi connectivity index (χ0n) is 20.5. The predicted molar refractivity (Wildman–Crippen MR) is 127 cm³/mol. The Balaban J connectivity index is 0. The minimum atomic E-state index is -4.21. The normalized spacial score (nSPS) is 11.6. The van der Waals surface area contributed by atoms with Gasteiger partial charge in [0.1, 0.15) is 0 Å². The van der Waals surface area contributed by atoms with E-state index in [1.165, 1.54) is 56.6 Å². The molecule has 0 aliphatic rings. The number of hydrogen-bond donors (Lipinski definition) is 4. The summed E-state index contributed by atoms with van der Waals surface area (Å²) in [6.07, 6.45) is 16.8. The van der Waals surface area contributed by atoms with Crippen LogP contribution in [0.5, 0.6) is 0 Å². The summed E-state index contributed by atoms with van der Waals surface area (Å²) in [6, 6.07) is 0. The van der Waals surface area contributed by atoms with Crippen LogP contribution < -0.4 is 0 Å². The molecule has 0 radical (unpaired) electrons. The summed E-state index contributed by atoms with van der Waals surface area (Å²) in [5.41, 5.74) is 0. The van der Waals surface area contributed by atoms with Crippen LogP contribution in [0.2, 0.25) is 0 Å². The van der Waals surface area contributed by atoms with Gasteiger partial charge in [-0.15, -0.1) is 0 Å². The number of rotatable bonds is 23. The molecule has 0 aromatic carbocycles. The van der Waals surface area contributed by atoms with Crippen LogP contribution in [0.1, 0.15) is 104 Å². The molecule has 0 bridgehead atoms. The summed E-state index contributed by atoms with van der Waals surface area (Å²) in [7, 11) is -4.21. The van der Waals surface area contributed by atoms with Gasteiger partial charge in [0.2, 0.25) is 0 Å². The maximum absolute atomic E-state index is 10.1. The average Bonchev–Trinajstić information content (AvgIpc) is 2.76. The van der Waals surface area contributed by atoms with E-state index in [0.29, 0.717) is 6.54 Å². The zero-order chi connectivity index (χ0) is 24.3. The molecule has 0 aromatic rings. The Morgan fingerprint density at radius 1 is 0.625 bits per heavy atom. The van der Waals surface area contributed by atoms with Crippen LogP contribution in [-0.4, -0.2) is 64.8 Å². The van der Waals surface area contributed by atoms with Crippen LogP contribution in [0.15, 0.2) is 0 Å². The van der Waals surface area contributed by atoms with Crippen molar-refractivity contribution in [1.82, 2.24) is 5.23 Å². The molecule has 0 saturated heterocycles. The van der Waals surface area contributed by atoms with E-state index in [1.54, 1.807) is 0 Å². The lowest BCUT2D eigenvalue weighted by Gasteiger charge is -2.20. The standard InChI is InChI=1S/C16H35NO4.C6H15O4P/c1-2-3-4-5-6-7-8-9-10-11-12-17(20-15-13-18)21-16-14-19;1-2-3-4-5-6-10-11(7,8)9/h18-19H,2-16H2,1H3;2-6H2,1H3,(H2,7,8,9). The fourth-order valence-corrected chi connectivity index (χ4v) is 3.26. The maximum atomic E-state index is 10.1. The number of aliphatic hydroxyl groups excluding tert-OH is 2. The Hall–Kier alpha value is -0.0900. The minimum absolute atomic E-state index is 0.0307. The van der Waals surface area contributed by atoms with Crippen LogP contribution in [0.4, 0.5) is 0 Å². The second-order valence-electron chi connectivity index (χ2n) is 7.74. The lowest BCUT2D eigenvalue weighted by Crippen LogP contribution is -2.28. The SMILES string of the molecule is CCCCCCCCCCCCN(OCCO)OCCO.CCCCCCOP(=O)(O)O. The van der Waals surface area contributed by atoms with Crippen molar-refractivity contribution in [3.05, 3.63) is 0 Å². The largest absolute Gasteiger partial charge is 0.469 e. The van der Waals surface area contributed by atoms with Gasteiger partial charge in [-0.3, -0.25) is 14.2 Å². The third-order valence-corrected chi connectivity index (χ3v) is 5.12. The van der Waals surface area contributed by atoms with E-state index < -0.39 is 7.82 Å².